The van der Waals surface area contributed by atoms with E-state index in [1.54, 1.807) is 0 Å². The van der Waals surface area contributed by atoms with Crippen molar-refractivity contribution >= 4 is 5.91 Å². The zero-order chi connectivity index (χ0) is 12.5. The molecule has 0 aliphatic heterocycles. The molecule has 1 aliphatic rings. The molecular formula is C14H28N2O. The number of unbranched alkanes of at least 4 members (excludes halogenated alkanes) is 3. The number of nitrogens with one attached hydrogen (secondary N) is 1. The summed E-state index contributed by atoms with van der Waals surface area (Å²) in [5.74, 6) is 0.832. The third kappa shape index (κ3) is 6.67. The maximum atomic E-state index is 11.6. The van der Waals surface area contributed by atoms with E-state index in [1.165, 1.54) is 32.1 Å². The van der Waals surface area contributed by atoms with Gasteiger partial charge in [0.05, 0.1) is 0 Å². The van der Waals surface area contributed by atoms with Crippen molar-refractivity contribution in [3.63, 3.8) is 0 Å². The Kier molecular flexibility index (Phi) is 7.25. The third-order valence-corrected chi connectivity index (χ3v) is 3.67. The van der Waals surface area contributed by atoms with Gasteiger partial charge in [0.15, 0.2) is 0 Å². The number of carbonyl (C=O) groups is 1. The summed E-state index contributed by atoms with van der Waals surface area (Å²) < 4.78 is 0. The lowest BCUT2D eigenvalue weighted by atomic mass is 9.86. The Morgan fingerprint density at radius 1 is 1.29 bits per heavy atom. The van der Waals surface area contributed by atoms with E-state index in [-0.39, 0.29) is 5.91 Å². The molecule has 3 nitrogen and oxygen atoms in total. The highest BCUT2D eigenvalue weighted by Gasteiger charge is 2.19. The second kappa shape index (κ2) is 8.51. The minimum Gasteiger partial charge on any atom is -0.356 e. The van der Waals surface area contributed by atoms with E-state index in [2.05, 4.69) is 12.2 Å². The molecule has 0 saturated heterocycles. The van der Waals surface area contributed by atoms with Gasteiger partial charge >= 0.3 is 0 Å². The van der Waals surface area contributed by atoms with Gasteiger partial charge in [0.1, 0.15) is 0 Å². The van der Waals surface area contributed by atoms with Crippen LogP contribution in [-0.4, -0.2) is 18.5 Å². The van der Waals surface area contributed by atoms with E-state index < -0.39 is 0 Å². The van der Waals surface area contributed by atoms with Crippen LogP contribution in [0.1, 0.15) is 64.7 Å². The number of carbonyl (C=O) groups excluding carboxylic acids is 1. The van der Waals surface area contributed by atoms with Crippen LogP contribution in [0.25, 0.3) is 0 Å². The van der Waals surface area contributed by atoms with Gasteiger partial charge in [-0.05, 0) is 31.6 Å². The molecule has 1 aliphatic carbocycles. The van der Waals surface area contributed by atoms with Gasteiger partial charge in [-0.15, -0.1) is 0 Å². The first-order valence-corrected chi connectivity index (χ1v) is 7.24. The molecular weight excluding hydrogens is 212 g/mol. The average molecular weight is 240 g/mol. The first-order valence-electron chi connectivity index (χ1n) is 7.24. The topological polar surface area (TPSA) is 55.1 Å². The molecule has 0 bridgehead atoms. The molecule has 2 atom stereocenters. The fourth-order valence-electron chi connectivity index (χ4n) is 2.58. The van der Waals surface area contributed by atoms with Crippen LogP contribution in [0.5, 0.6) is 0 Å². The van der Waals surface area contributed by atoms with E-state index in [4.69, 9.17) is 5.73 Å². The Hall–Kier alpha value is -0.570. The van der Waals surface area contributed by atoms with Gasteiger partial charge in [0.2, 0.25) is 5.91 Å². The monoisotopic (exact) mass is 240 g/mol. The summed E-state index contributed by atoms with van der Waals surface area (Å²) in [5.41, 5.74) is 5.93. The fourth-order valence-corrected chi connectivity index (χ4v) is 2.58. The Labute approximate surface area is 106 Å². The molecule has 0 spiro atoms. The fraction of sp³-hybridized carbons (Fsp3) is 0.929. The molecule has 1 rings (SSSR count). The highest BCUT2D eigenvalue weighted by molar-refractivity contribution is 5.75. The second-order valence-corrected chi connectivity index (χ2v) is 5.41. The van der Waals surface area contributed by atoms with Crippen molar-refractivity contribution in [2.24, 2.45) is 11.7 Å². The molecule has 0 aromatic rings. The predicted molar refractivity (Wildman–Crippen MR) is 71.7 cm³/mol. The molecule has 0 heterocycles. The smallest absolute Gasteiger partial charge is 0.220 e. The lowest BCUT2D eigenvalue weighted by Gasteiger charge is -2.26. The average Bonchev–Trinajstić information content (AvgIpc) is 2.32. The van der Waals surface area contributed by atoms with Crippen LogP contribution in [0, 0.1) is 5.92 Å². The summed E-state index contributed by atoms with van der Waals surface area (Å²) in [6, 6.07) is 0.357. The Balaban J connectivity index is 2.02. The lowest BCUT2D eigenvalue weighted by Crippen LogP contribution is -2.35. The zero-order valence-corrected chi connectivity index (χ0v) is 11.2. The SMILES string of the molecule is CCCCCCC(=O)NCC1CCCC(N)C1. The van der Waals surface area contributed by atoms with Crippen molar-refractivity contribution in [3.8, 4) is 0 Å². The molecule has 3 heteroatoms. The van der Waals surface area contributed by atoms with Crippen molar-refractivity contribution in [1.29, 1.82) is 0 Å². The molecule has 1 fully saturated rings. The van der Waals surface area contributed by atoms with Crippen molar-refractivity contribution in [3.05, 3.63) is 0 Å². The summed E-state index contributed by atoms with van der Waals surface area (Å²) in [7, 11) is 0. The van der Waals surface area contributed by atoms with Gasteiger partial charge in [-0.3, -0.25) is 4.79 Å². The van der Waals surface area contributed by atoms with E-state index in [1.807, 2.05) is 0 Å². The summed E-state index contributed by atoms with van der Waals surface area (Å²) in [6.45, 7) is 3.02. The number of hydrogen-bond acceptors (Lipinski definition) is 2. The van der Waals surface area contributed by atoms with Gasteiger partial charge in [-0.1, -0.05) is 32.6 Å². The molecule has 0 aromatic carbocycles. The number of amides is 1. The summed E-state index contributed by atoms with van der Waals surface area (Å²) in [6.07, 6.45) is 10.0. The minimum atomic E-state index is 0.222. The molecule has 2 unspecified atom stereocenters. The van der Waals surface area contributed by atoms with Crippen LogP contribution >= 0.6 is 0 Å². The van der Waals surface area contributed by atoms with Crippen LogP contribution in [0.4, 0.5) is 0 Å². The first-order chi connectivity index (χ1) is 8.22. The molecule has 3 N–H and O–H groups in total. The minimum absolute atomic E-state index is 0.222. The van der Waals surface area contributed by atoms with E-state index >= 15 is 0 Å². The Morgan fingerprint density at radius 2 is 2.12 bits per heavy atom. The molecule has 1 saturated carbocycles. The van der Waals surface area contributed by atoms with Crippen molar-refractivity contribution in [2.75, 3.05) is 6.54 Å². The van der Waals surface area contributed by atoms with Gasteiger partial charge < -0.3 is 11.1 Å². The number of nitrogens with two attached hydrogens (primary N) is 1. The Morgan fingerprint density at radius 3 is 2.82 bits per heavy atom. The molecule has 0 aromatic heterocycles. The van der Waals surface area contributed by atoms with Gasteiger partial charge in [0, 0.05) is 19.0 Å². The maximum absolute atomic E-state index is 11.6. The standard InChI is InChI=1S/C14H28N2O/c1-2-3-4-5-9-14(17)16-11-12-7-6-8-13(15)10-12/h12-13H,2-11,15H2,1H3,(H,16,17). The van der Waals surface area contributed by atoms with Crippen LogP contribution in [0.2, 0.25) is 0 Å². The second-order valence-electron chi connectivity index (χ2n) is 5.41. The molecule has 100 valence electrons. The first kappa shape index (κ1) is 14.5. The van der Waals surface area contributed by atoms with E-state index in [0.717, 1.165) is 25.8 Å². The van der Waals surface area contributed by atoms with E-state index in [9.17, 15) is 4.79 Å². The zero-order valence-electron chi connectivity index (χ0n) is 11.2. The highest BCUT2D eigenvalue weighted by atomic mass is 16.1. The van der Waals surface area contributed by atoms with Crippen molar-refractivity contribution < 1.29 is 4.79 Å². The Bertz CT molecular complexity index is 218. The summed E-state index contributed by atoms with van der Waals surface area (Å²) >= 11 is 0. The van der Waals surface area contributed by atoms with Crippen molar-refractivity contribution in [2.45, 2.75) is 70.8 Å². The van der Waals surface area contributed by atoms with Crippen LogP contribution in [0.3, 0.4) is 0 Å². The highest BCUT2D eigenvalue weighted by Crippen LogP contribution is 2.22. The van der Waals surface area contributed by atoms with Crippen LogP contribution in [-0.2, 0) is 4.79 Å². The molecule has 1 amide bonds. The van der Waals surface area contributed by atoms with Crippen LogP contribution < -0.4 is 11.1 Å². The number of hydrogen-bond donors (Lipinski definition) is 2. The van der Waals surface area contributed by atoms with Gasteiger partial charge in [0.25, 0.3) is 0 Å². The normalized spacial score (nSPS) is 24.6. The predicted octanol–water partition coefficient (Wildman–Crippen LogP) is 2.59. The summed E-state index contributed by atoms with van der Waals surface area (Å²) in [4.78, 5) is 11.6. The van der Waals surface area contributed by atoms with Gasteiger partial charge in [-0.25, -0.2) is 0 Å². The summed E-state index contributed by atoms with van der Waals surface area (Å²) in [5, 5.41) is 3.06. The quantitative estimate of drug-likeness (QED) is 0.672. The number of rotatable bonds is 7. The molecule has 0 radical (unpaired) electrons. The third-order valence-electron chi connectivity index (χ3n) is 3.67. The maximum Gasteiger partial charge on any atom is 0.220 e. The lowest BCUT2D eigenvalue weighted by molar-refractivity contribution is -0.121. The van der Waals surface area contributed by atoms with Crippen molar-refractivity contribution in [1.82, 2.24) is 5.32 Å². The van der Waals surface area contributed by atoms with Gasteiger partial charge in [-0.2, -0.15) is 0 Å². The largest absolute Gasteiger partial charge is 0.356 e. The molecule has 17 heavy (non-hydrogen) atoms. The van der Waals surface area contributed by atoms with Crippen LogP contribution in [0.15, 0.2) is 0 Å². The van der Waals surface area contributed by atoms with E-state index in [0.29, 0.717) is 18.4 Å².